The fourth-order valence-corrected chi connectivity index (χ4v) is 2.58. The van der Waals surface area contributed by atoms with Crippen molar-refractivity contribution in [2.24, 2.45) is 7.05 Å². The normalized spacial score (nSPS) is 13.6. The maximum atomic E-state index is 12.6. The molecule has 1 aromatic heterocycles. The first-order valence-corrected chi connectivity index (χ1v) is 6.35. The molecular weight excluding hydrogens is 276 g/mol. The highest BCUT2D eigenvalue weighted by molar-refractivity contribution is 6.06. The van der Waals surface area contributed by atoms with Gasteiger partial charge in [0.25, 0.3) is 5.91 Å². The van der Waals surface area contributed by atoms with E-state index in [0.29, 0.717) is 5.69 Å². The molecule has 3 rings (SSSR count). The summed E-state index contributed by atoms with van der Waals surface area (Å²) < 4.78 is 1.60. The molecule has 2 heterocycles. The fraction of sp³-hybridized carbons (Fsp3) is 0.286. The first-order chi connectivity index (χ1) is 9.18. The number of nitrogens with two attached hydrogens (primary N) is 1. The summed E-state index contributed by atoms with van der Waals surface area (Å²) in [5.41, 5.74) is 9.36. The Bertz CT molecular complexity index is 638. The lowest BCUT2D eigenvalue weighted by Crippen LogP contribution is -2.36. The van der Waals surface area contributed by atoms with Gasteiger partial charge in [0, 0.05) is 31.2 Å². The predicted molar refractivity (Wildman–Crippen MR) is 81.3 cm³/mol. The summed E-state index contributed by atoms with van der Waals surface area (Å²) >= 11 is 0. The van der Waals surface area contributed by atoms with E-state index < -0.39 is 0 Å². The van der Waals surface area contributed by atoms with Crippen molar-refractivity contribution in [2.45, 2.75) is 12.8 Å². The van der Waals surface area contributed by atoms with Gasteiger partial charge in [0.15, 0.2) is 0 Å². The Morgan fingerprint density at radius 2 is 2.15 bits per heavy atom. The van der Waals surface area contributed by atoms with Crippen molar-refractivity contribution in [1.29, 1.82) is 0 Å². The van der Waals surface area contributed by atoms with Crippen LogP contribution in [0.15, 0.2) is 30.5 Å². The van der Waals surface area contributed by atoms with Crippen LogP contribution in [0, 0.1) is 0 Å². The zero-order valence-corrected chi connectivity index (χ0v) is 12.1. The molecule has 2 N–H and O–H groups in total. The number of halogens is 1. The van der Waals surface area contributed by atoms with Crippen LogP contribution in [-0.2, 0) is 13.5 Å². The molecule has 0 fully saturated rings. The lowest BCUT2D eigenvalue weighted by atomic mass is 9.99. The fourth-order valence-electron chi connectivity index (χ4n) is 2.58. The molecule has 0 aliphatic carbocycles. The summed E-state index contributed by atoms with van der Waals surface area (Å²) in [5.74, 6) is -0.0217. The van der Waals surface area contributed by atoms with E-state index in [1.165, 1.54) is 0 Å². The summed E-state index contributed by atoms with van der Waals surface area (Å²) in [5, 5.41) is 4.05. The number of nitrogen functional groups attached to an aromatic ring is 1. The summed E-state index contributed by atoms with van der Waals surface area (Å²) in [6.07, 6.45) is 3.50. The summed E-state index contributed by atoms with van der Waals surface area (Å²) in [6.45, 7) is 0.723. The van der Waals surface area contributed by atoms with Gasteiger partial charge in [-0.25, -0.2) is 0 Å². The Morgan fingerprint density at radius 3 is 2.85 bits per heavy atom. The number of aromatic nitrogens is 2. The molecule has 0 atom stereocenters. The highest BCUT2D eigenvalue weighted by Gasteiger charge is 2.26. The molecule has 1 aliphatic rings. The van der Waals surface area contributed by atoms with E-state index in [1.807, 2.05) is 18.2 Å². The Balaban J connectivity index is 0.00000147. The summed E-state index contributed by atoms with van der Waals surface area (Å²) in [7, 11) is 1.78. The molecule has 1 amide bonds. The lowest BCUT2D eigenvalue weighted by molar-refractivity contribution is 0.0976. The van der Waals surface area contributed by atoms with Gasteiger partial charge in [-0.3, -0.25) is 9.48 Å². The van der Waals surface area contributed by atoms with Gasteiger partial charge in [-0.1, -0.05) is 6.07 Å². The number of anilines is 2. The number of hydrogen-bond acceptors (Lipinski definition) is 3. The van der Waals surface area contributed by atoms with Gasteiger partial charge in [0.2, 0.25) is 0 Å². The zero-order chi connectivity index (χ0) is 13.4. The van der Waals surface area contributed by atoms with Crippen LogP contribution in [0.25, 0.3) is 0 Å². The smallest absolute Gasteiger partial charge is 0.276 e. The molecule has 1 aromatic carbocycles. The van der Waals surface area contributed by atoms with Crippen LogP contribution in [0.5, 0.6) is 0 Å². The number of nitrogens with zero attached hydrogens (tertiary/aromatic N) is 3. The van der Waals surface area contributed by atoms with E-state index in [0.717, 1.165) is 36.3 Å². The third kappa shape index (κ3) is 2.25. The van der Waals surface area contributed by atoms with E-state index in [9.17, 15) is 4.79 Å². The SMILES string of the molecule is Cl.Cn1nccc1C(=O)N1CCCc2c(N)cccc21. The molecule has 0 saturated heterocycles. The molecule has 0 radical (unpaired) electrons. The highest BCUT2D eigenvalue weighted by atomic mass is 35.5. The van der Waals surface area contributed by atoms with Gasteiger partial charge in [-0.2, -0.15) is 5.10 Å². The van der Waals surface area contributed by atoms with Crippen LogP contribution in [-0.4, -0.2) is 22.2 Å². The van der Waals surface area contributed by atoms with Crippen LogP contribution in [0.4, 0.5) is 11.4 Å². The number of amides is 1. The van der Waals surface area contributed by atoms with Gasteiger partial charge < -0.3 is 10.6 Å². The highest BCUT2D eigenvalue weighted by Crippen LogP contribution is 2.32. The summed E-state index contributed by atoms with van der Waals surface area (Å²) in [6, 6.07) is 7.47. The van der Waals surface area contributed by atoms with Crippen molar-refractivity contribution in [3.8, 4) is 0 Å². The largest absolute Gasteiger partial charge is 0.398 e. The van der Waals surface area contributed by atoms with Crippen LogP contribution in [0.2, 0.25) is 0 Å². The molecule has 0 bridgehead atoms. The molecule has 106 valence electrons. The van der Waals surface area contributed by atoms with Crippen molar-refractivity contribution in [1.82, 2.24) is 9.78 Å². The number of carbonyl (C=O) groups excluding carboxylic acids is 1. The molecule has 0 spiro atoms. The molecule has 20 heavy (non-hydrogen) atoms. The number of benzene rings is 1. The first kappa shape index (κ1) is 14.4. The Labute approximate surface area is 123 Å². The second kappa shape index (κ2) is 5.54. The maximum absolute atomic E-state index is 12.6. The first-order valence-electron chi connectivity index (χ1n) is 6.35. The van der Waals surface area contributed by atoms with E-state index >= 15 is 0 Å². The third-order valence-corrected chi connectivity index (χ3v) is 3.57. The van der Waals surface area contributed by atoms with Crippen LogP contribution in [0.1, 0.15) is 22.5 Å². The average molecular weight is 293 g/mol. The number of rotatable bonds is 1. The number of aryl methyl sites for hydroxylation is 1. The molecule has 0 unspecified atom stereocenters. The molecule has 5 nitrogen and oxygen atoms in total. The van der Waals surface area contributed by atoms with Crippen molar-refractivity contribution in [3.05, 3.63) is 41.7 Å². The van der Waals surface area contributed by atoms with Crippen molar-refractivity contribution < 1.29 is 4.79 Å². The van der Waals surface area contributed by atoms with Gasteiger partial charge in [-0.05, 0) is 36.6 Å². The molecular formula is C14H17ClN4O. The minimum Gasteiger partial charge on any atom is -0.398 e. The zero-order valence-electron chi connectivity index (χ0n) is 11.2. The minimum atomic E-state index is -0.0217. The van der Waals surface area contributed by atoms with Gasteiger partial charge >= 0.3 is 0 Å². The summed E-state index contributed by atoms with van der Waals surface area (Å²) in [4.78, 5) is 14.4. The van der Waals surface area contributed by atoms with Gasteiger partial charge in [-0.15, -0.1) is 12.4 Å². The quantitative estimate of drug-likeness (QED) is 0.818. The monoisotopic (exact) mass is 292 g/mol. The Kier molecular flexibility index (Phi) is 3.99. The van der Waals surface area contributed by atoms with E-state index in [4.69, 9.17) is 5.73 Å². The number of fused-ring (bicyclic) bond motifs is 1. The van der Waals surface area contributed by atoms with E-state index in [2.05, 4.69) is 5.10 Å². The Hall–Kier alpha value is -2.01. The second-order valence-electron chi connectivity index (χ2n) is 4.75. The van der Waals surface area contributed by atoms with Crippen LogP contribution < -0.4 is 10.6 Å². The van der Waals surface area contributed by atoms with Crippen LogP contribution in [0.3, 0.4) is 0 Å². The molecule has 0 saturated carbocycles. The number of carbonyl (C=O) groups is 1. The van der Waals surface area contributed by atoms with Crippen LogP contribution >= 0.6 is 12.4 Å². The molecule has 6 heteroatoms. The van der Waals surface area contributed by atoms with Crippen molar-refractivity contribution >= 4 is 29.7 Å². The van der Waals surface area contributed by atoms with Crippen molar-refractivity contribution in [2.75, 3.05) is 17.2 Å². The number of hydrogen-bond donors (Lipinski definition) is 1. The maximum Gasteiger partial charge on any atom is 0.276 e. The minimum absolute atomic E-state index is 0. The topological polar surface area (TPSA) is 64.2 Å². The Morgan fingerprint density at radius 1 is 1.35 bits per heavy atom. The van der Waals surface area contributed by atoms with E-state index in [-0.39, 0.29) is 18.3 Å². The van der Waals surface area contributed by atoms with E-state index in [1.54, 1.807) is 28.9 Å². The van der Waals surface area contributed by atoms with Crippen molar-refractivity contribution in [3.63, 3.8) is 0 Å². The van der Waals surface area contributed by atoms with Gasteiger partial charge in [0.05, 0.1) is 0 Å². The second-order valence-corrected chi connectivity index (χ2v) is 4.75. The standard InChI is InChI=1S/C14H16N4O.ClH/c1-17-13(7-8-16-17)14(19)18-9-3-4-10-11(15)5-2-6-12(10)18;/h2,5-8H,3-4,9,15H2,1H3;1H. The average Bonchev–Trinajstić information content (AvgIpc) is 2.84. The predicted octanol–water partition coefficient (Wildman–Crippen LogP) is 2.02. The molecule has 1 aliphatic heterocycles. The lowest BCUT2D eigenvalue weighted by Gasteiger charge is -2.30. The van der Waals surface area contributed by atoms with Gasteiger partial charge in [0.1, 0.15) is 5.69 Å². The third-order valence-electron chi connectivity index (χ3n) is 3.57. The molecule has 2 aromatic rings.